The van der Waals surface area contributed by atoms with Crippen molar-refractivity contribution in [2.24, 2.45) is 0 Å². The minimum atomic E-state index is -0.559. The van der Waals surface area contributed by atoms with Gasteiger partial charge in [0.25, 0.3) is 0 Å². The molecule has 1 aliphatic heterocycles. The van der Waals surface area contributed by atoms with Gasteiger partial charge in [-0.2, -0.15) is 0 Å². The maximum atomic E-state index is 13.6. The molecule has 0 aromatic heterocycles. The topological polar surface area (TPSA) is 41.1 Å². The number of rotatable bonds is 4. The van der Waals surface area contributed by atoms with Crippen molar-refractivity contribution in [2.45, 2.75) is 37.1 Å². The van der Waals surface area contributed by atoms with Gasteiger partial charge in [0.1, 0.15) is 5.82 Å². The summed E-state index contributed by atoms with van der Waals surface area (Å²) in [6.45, 7) is 1.49. The van der Waals surface area contributed by atoms with Crippen molar-refractivity contribution in [3.05, 3.63) is 71.0 Å². The van der Waals surface area contributed by atoms with E-state index >= 15 is 0 Å². The lowest BCUT2D eigenvalue weighted by atomic mass is 9.63. The van der Waals surface area contributed by atoms with Crippen molar-refractivity contribution in [1.82, 2.24) is 10.6 Å². The number of halogens is 1. The van der Waals surface area contributed by atoms with E-state index < -0.39 is 5.41 Å². The Labute approximate surface area is 147 Å². The van der Waals surface area contributed by atoms with Crippen molar-refractivity contribution >= 4 is 5.91 Å². The normalized spacial score (nSPS) is 21.1. The molecule has 25 heavy (non-hydrogen) atoms. The lowest BCUT2D eigenvalue weighted by molar-refractivity contribution is -0.130. The first-order valence-electron chi connectivity index (χ1n) is 9.05. The van der Waals surface area contributed by atoms with Gasteiger partial charge in [-0.25, -0.2) is 4.39 Å². The first-order valence-corrected chi connectivity index (χ1v) is 9.05. The van der Waals surface area contributed by atoms with Crippen LogP contribution in [-0.4, -0.2) is 19.0 Å². The highest BCUT2D eigenvalue weighted by Gasteiger charge is 2.45. The Morgan fingerprint density at radius 2 is 2.04 bits per heavy atom. The fourth-order valence-corrected chi connectivity index (χ4v) is 4.10. The predicted molar refractivity (Wildman–Crippen MR) is 95.8 cm³/mol. The molecule has 4 heteroatoms. The van der Waals surface area contributed by atoms with Gasteiger partial charge < -0.3 is 10.6 Å². The molecular weight excluding hydrogens is 315 g/mol. The molecule has 2 aromatic rings. The largest absolute Gasteiger partial charge is 0.353 e. The Kier molecular flexibility index (Phi) is 4.30. The number of carbonyl (C=O) groups excluding carboxylic acids is 1. The van der Waals surface area contributed by atoms with E-state index in [9.17, 15) is 9.18 Å². The van der Waals surface area contributed by atoms with Gasteiger partial charge in [0.15, 0.2) is 0 Å². The third-order valence-electron chi connectivity index (χ3n) is 5.70. The smallest absolute Gasteiger partial charge is 0.230 e. The number of nitrogens with one attached hydrogen (secondary N) is 2. The van der Waals surface area contributed by atoms with Gasteiger partial charge in [-0.3, -0.25) is 4.79 Å². The summed E-state index contributed by atoms with van der Waals surface area (Å²) in [6, 6.07) is 15.0. The van der Waals surface area contributed by atoms with Crippen LogP contribution in [0.25, 0.3) is 0 Å². The van der Waals surface area contributed by atoms with Gasteiger partial charge in [-0.1, -0.05) is 42.8 Å². The van der Waals surface area contributed by atoms with E-state index in [-0.39, 0.29) is 17.8 Å². The minimum absolute atomic E-state index is 0.0224. The molecule has 0 saturated heterocycles. The van der Waals surface area contributed by atoms with E-state index in [0.29, 0.717) is 6.54 Å². The first kappa shape index (κ1) is 16.3. The van der Waals surface area contributed by atoms with Gasteiger partial charge in [0, 0.05) is 12.6 Å². The number of benzene rings is 2. The second-order valence-corrected chi connectivity index (χ2v) is 7.11. The van der Waals surface area contributed by atoms with Gasteiger partial charge in [-0.15, -0.1) is 0 Å². The Hall–Kier alpha value is -2.20. The first-order chi connectivity index (χ1) is 12.2. The highest BCUT2D eigenvalue weighted by Crippen LogP contribution is 2.44. The van der Waals surface area contributed by atoms with E-state index in [1.54, 1.807) is 6.07 Å². The average molecular weight is 338 g/mol. The molecule has 2 aromatic carbocycles. The summed E-state index contributed by atoms with van der Waals surface area (Å²) < 4.78 is 13.6. The standard InChI is InChI=1S/C21H23FN2O/c22-17-7-3-6-16(13-17)21(10-4-11-21)20(25)24-14-19-18-8-2-1-5-15(18)9-12-23-19/h1-3,5-8,13,19,23H,4,9-12,14H2,(H,24,25). The molecule has 0 bridgehead atoms. The fourth-order valence-electron chi connectivity index (χ4n) is 4.10. The molecule has 3 nitrogen and oxygen atoms in total. The predicted octanol–water partition coefficient (Wildman–Crippen LogP) is 3.25. The molecule has 2 aliphatic rings. The second kappa shape index (κ2) is 6.60. The molecule has 0 spiro atoms. The maximum Gasteiger partial charge on any atom is 0.230 e. The third-order valence-corrected chi connectivity index (χ3v) is 5.70. The van der Waals surface area contributed by atoms with Crippen LogP contribution in [0.1, 0.15) is 42.0 Å². The SMILES string of the molecule is O=C(NCC1NCCc2ccccc21)C1(c2cccc(F)c2)CCC1. The highest BCUT2D eigenvalue weighted by atomic mass is 19.1. The zero-order valence-corrected chi connectivity index (χ0v) is 14.2. The van der Waals surface area contributed by atoms with Crippen LogP contribution in [-0.2, 0) is 16.6 Å². The molecule has 4 rings (SSSR count). The van der Waals surface area contributed by atoms with Crippen LogP contribution in [0.3, 0.4) is 0 Å². The number of hydrogen-bond donors (Lipinski definition) is 2. The van der Waals surface area contributed by atoms with Crippen molar-refractivity contribution in [2.75, 3.05) is 13.1 Å². The molecule has 1 amide bonds. The lowest BCUT2D eigenvalue weighted by Crippen LogP contribution is -2.51. The Bertz CT molecular complexity index is 785. The Balaban J connectivity index is 1.49. The maximum absolute atomic E-state index is 13.6. The number of hydrogen-bond acceptors (Lipinski definition) is 2. The van der Waals surface area contributed by atoms with Gasteiger partial charge in [0.2, 0.25) is 5.91 Å². The third kappa shape index (κ3) is 2.95. The number of carbonyl (C=O) groups is 1. The van der Waals surface area contributed by atoms with Crippen molar-refractivity contribution in [3.8, 4) is 0 Å². The average Bonchev–Trinajstić information content (AvgIpc) is 2.59. The number of fused-ring (bicyclic) bond motifs is 1. The Morgan fingerprint density at radius 3 is 2.80 bits per heavy atom. The molecule has 130 valence electrons. The van der Waals surface area contributed by atoms with E-state index in [1.807, 2.05) is 12.1 Å². The van der Waals surface area contributed by atoms with Crippen molar-refractivity contribution in [3.63, 3.8) is 0 Å². The monoisotopic (exact) mass is 338 g/mol. The van der Waals surface area contributed by atoms with Gasteiger partial charge >= 0.3 is 0 Å². The molecular formula is C21H23FN2O. The molecule has 2 N–H and O–H groups in total. The summed E-state index contributed by atoms with van der Waals surface area (Å²) in [6.07, 6.45) is 3.61. The number of amides is 1. The minimum Gasteiger partial charge on any atom is -0.353 e. The highest BCUT2D eigenvalue weighted by molar-refractivity contribution is 5.89. The quantitative estimate of drug-likeness (QED) is 0.898. The summed E-state index contributed by atoms with van der Waals surface area (Å²) >= 11 is 0. The van der Waals surface area contributed by atoms with Gasteiger partial charge in [-0.05, 0) is 54.6 Å². The van der Waals surface area contributed by atoms with Crippen LogP contribution >= 0.6 is 0 Å². The summed E-state index contributed by atoms with van der Waals surface area (Å²) in [4.78, 5) is 13.0. The van der Waals surface area contributed by atoms with Gasteiger partial charge in [0.05, 0.1) is 5.41 Å². The van der Waals surface area contributed by atoms with Crippen LogP contribution in [0, 0.1) is 5.82 Å². The second-order valence-electron chi connectivity index (χ2n) is 7.11. The summed E-state index contributed by atoms with van der Waals surface area (Å²) in [5, 5.41) is 6.62. The zero-order valence-electron chi connectivity index (χ0n) is 14.2. The van der Waals surface area contributed by atoms with Crippen molar-refractivity contribution in [1.29, 1.82) is 0 Å². The van der Waals surface area contributed by atoms with Crippen LogP contribution in [0.5, 0.6) is 0 Å². The molecule has 1 atom stereocenters. The van der Waals surface area contributed by atoms with Crippen LogP contribution in [0.2, 0.25) is 0 Å². The lowest BCUT2D eigenvalue weighted by Gasteiger charge is -2.41. The van der Waals surface area contributed by atoms with Crippen molar-refractivity contribution < 1.29 is 9.18 Å². The Morgan fingerprint density at radius 1 is 1.20 bits per heavy atom. The molecule has 1 fully saturated rings. The van der Waals surface area contributed by atoms with E-state index in [1.165, 1.54) is 23.3 Å². The van der Waals surface area contributed by atoms with Crippen LogP contribution in [0.15, 0.2) is 48.5 Å². The van der Waals surface area contributed by atoms with E-state index in [0.717, 1.165) is 37.8 Å². The fraction of sp³-hybridized carbons (Fsp3) is 0.381. The molecule has 1 saturated carbocycles. The molecule has 1 unspecified atom stereocenters. The summed E-state index contributed by atoms with van der Waals surface area (Å²) in [5.74, 6) is -0.256. The van der Waals surface area contributed by atoms with E-state index in [4.69, 9.17) is 0 Å². The van der Waals surface area contributed by atoms with E-state index in [2.05, 4.69) is 28.8 Å². The summed E-state index contributed by atoms with van der Waals surface area (Å²) in [7, 11) is 0. The summed E-state index contributed by atoms with van der Waals surface area (Å²) in [5.41, 5.74) is 2.86. The van der Waals surface area contributed by atoms with Crippen LogP contribution < -0.4 is 10.6 Å². The van der Waals surface area contributed by atoms with Crippen LogP contribution in [0.4, 0.5) is 4.39 Å². The molecule has 1 aliphatic carbocycles. The zero-order chi connectivity index (χ0) is 17.3. The molecule has 1 heterocycles. The molecule has 0 radical (unpaired) electrons.